The van der Waals surface area contributed by atoms with Gasteiger partial charge in [-0.05, 0) is 44.2 Å². The molecule has 0 saturated heterocycles. The van der Waals surface area contributed by atoms with Gasteiger partial charge in [0.25, 0.3) is 0 Å². The van der Waals surface area contributed by atoms with Crippen molar-refractivity contribution in [2.24, 2.45) is 0 Å². The second kappa shape index (κ2) is 7.10. The number of aromatic nitrogens is 2. The number of hydrogen-bond acceptors (Lipinski definition) is 3. The van der Waals surface area contributed by atoms with E-state index in [1.165, 1.54) is 5.56 Å². The number of nitrogens with one attached hydrogen (secondary N) is 1. The average molecular weight is 273 g/mol. The fourth-order valence-electron chi connectivity index (χ4n) is 2.12. The number of rotatable bonds is 7. The largest absolute Gasteiger partial charge is 0.487 e. The fourth-order valence-corrected chi connectivity index (χ4v) is 2.12. The van der Waals surface area contributed by atoms with Crippen molar-refractivity contribution in [1.82, 2.24) is 15.1 Å². The molecule has 108 valence electrons. The Hall–Kier alpha value is -1.81. The molecule has 0 aliphatic heterocycles. The Morgan fingerprint density at radius 1 is 1.20 bits per heavy atom. The number of ether oxygens (including phenoxy) is 1. The van der Waals surface area contributed by atoms with Gasteiger partial charge in [-0.3, -0.25) is 4.68 Å². The van der Waals surface area contributed by atoms with Crippen molar-refractivity contribution in [2.45, 2.75) is 40.5 Å². The zero-order chi connectivity index (χ0) is 14.4. The number of benzene rings is 1. The van der Waals surface area contributed by atoms with Crippen molar-refractivity contribution in [2.75, 3.05) is 6.54 Å². The summed E-state index contributed by atoms with van der Waals surface area (Å²) in [4.78, 5) is 0. The van der Waals surface area contributed by atoms with Crippen LogP contribution in [0, 0.1) is 6.92 Å². The van der Waals surface area contributed by atoms with Crippen LogP contribution in [0.1, 0.15) is 30.8 Å². The van der Waals surface area contributed by atoms with Crippen LogP contribution in [-0.4, -0.2) is 16.3 Å². The lowest BCUT2D eigenvalue weighted by molar-refractivity contribution is 0.292. The molecule has 0 atom stereocenters. The highest BCUT2D eigenvalue weighted by Gasteiger charge is 2.04. The van der Waals surface area contributed by atoms with Crippen molar-refractivity contribution >= 4 is 0 Å². The quantitative estimate of drug-likeness (QED) is 0.843. The molecule has 4 heteroatoms. The van der Waals surface area contributed by atoms with Gasteiger partial charge in [0.15, 0.2) is 0 Å². The molecule has 0 aliphatic carbocycles. The second-order valence-corrected chi connectivity index (χ2v) is 4.81. The van der Waals surface area contributed by atoms with E-state index in [2.05, 4.69) is 42.5 Å². The molecule has 2 aromatic rings. The molecule has 0 fully saturated rings. The molecule has 0 saturated carbocycles. The molecule has 20 heavy (non-hydrogen) atoms. The second-order valence-electron chi connectivity index (χ2n) is 4.81. The van der Waals surface area contributed by atoms with Gasteiger partial charge in [-0.2, -0.15) is 5.10 Å². The molecule has 1 N–H and O–H groups in total. The lowest BCUT2D eigenvalue weighted by atomic mass is 10.2. The Morgan fingerprint density at radius 3 is 2.60 bits per heavy atom. The molecule has 0 unspecified atom stereocenters. The van der Waals surface area contributed by atoms with Crippen LogP contribution in [0.5, 0.6) is 5.75 Å². The van der Waals surface area contributed by atoms with Crippen molar-refractivity contribution in [3.05, 3.63) is 47.3 Å². The summed E-state index contributed by atoms with van der Waals surface area (Å²) in [7, 11) is 0. The molecule has 0 radical (unpaired) electrons. The van der Waals surface area contributed by atoms with Crippen molar-refractivity contribution in [3.63, 3.8) is 0 Å². The molecule has 4 nitrogen and oxygen atoms in total. The van der Waals surface area contributed by atoms with Gasteiger partial charge in [0.2, 0.25) is 0 Å². The highest BCUT2D eigenvalue weighted by Crippen LogP contribution is 2.14. The Kier molecular flexibility index (Phi) is 5.18. The molecule has 0 aliphatic rings. The van der Waals surface area contributed by atoms with E-state index < -0.39 is 0 Å². The normalized spacial score (nSPS) is 10.8. The van der Waals surface area contributed by atoms with Crippen LogP contribution in [0.25, 0.3) is 0 Å². The van der Waals surface area contributed by atoms with Crippen LogP contribution >= 0.6 is 0 Å². The van der Waals surface area contributed by atoms with Gasteiger partial charge in [-0.25, -0.2) is 0 Å². The Balaban J connectivity index is 1.93. The maximum absolute atomic E-state index is 5.83. The smallest absolute Gasteiger partial charge is 0.130 e. The standard InChI is InChI=1S/C16H23N3O/c1-4-17-11-14-6-8-16(9-7-14)20-12-15-10-13(3)18-19(15)5-2/h6-10,17H,4-5,11-12H2,1-3H3. The molecule has 1 aromatic heterocycles. The summed E-state index contributed by atoms with van der Waals surface area (Å²) in [6, 6.07) is 10.3. The fraction of sp³-hybridized carbons (Fsp3) is 0.438. The molecule has 1 aromatic carbocycles. The summed E-state index contributed by atoms with van der Waals surface area (Å²) >= 11 is 0. The van der Waals surface area contributed by atoms with Gasteiger partial charge in [-0.15, -0.1) is 0 Å². The maximum Gasteiger partial charge on any atom is 0.130 e. The van der Waals surface area contributed by atoms with Crippen molar-refractivity contribution < 1.29 is 4.74 Å². The van der Waals surface area contributed by atoms with Crippen LogP contribution in [0.4, 0.5) is 0 Å². The molecule has 2 rings (SSSR count). The highest BCUT2D eigenvalue weighted by atomic mass is 16.5. The van der Waals surface area contributed by atoms with Crippen LogP contribution in [0.3, 0.4) is 0 Å². The van der Waals surface area contributed by atoms with E-state index in [0.29, 0.717) is 6.61 Å². The first-order chi connectivity index (χ1) is 9.72. The van der Waals surface area contributed by atoms with E-state index in [0.717, 1.165) is 36.8 Å². The monoisotopic (exact) mass is 273 g/mol. The highest BCUT2D eigenvalue weighted by molar-refractivity contribution is 5.27. The predicted molar refractivity (Wildman–Crippen MR) is 80.8 cm³/mol. The molecule has 0 bridgehead atoms. The summed E-state index contributed by atoms with van der Waals surface area (Å²) in [6.45, 7) is 9.51. The molecule has 0 spiro atoms. The molecular weight excluding hydrogens is 250 g/mol. The summed E-state index contributed by atoms with van der Waals surface area (Å²) in [5, 5.41) is 7.72. The van der Waals surface area contributed by atoms with Crippen LogP contribution < -0.4 is 10.1 Å². The molecular formula is C16H23N3O. The number of nitrogens with zero attached hydrogens (tertiary/aromatic N) is 2. The Labute approximate surface area is 120 Å². The zero-order valence-electron chi connectivity index (χ0n) is 12.5. The third-order valence-corrected chi connectivity index (χ3v) is 3.17. The van der Waals surface area contributed by atoms with E-state index in [1.54, 1.807) is 0 Å². The van der Waals surface area contributed by atoms with Gasteiger partial charge in [0.1, 0.15) is 12.4 Å². The van der Waals surface area contributed by atoms with Crippen LogP contribution in [-0.2, 0) is 19.7 Å². The van der Waals surface area contributed by atoms with E-state index in [1.807, 2.05) is 23.7 Å². The predicted octanol–water partition coefficient (Wildman–Crippen LogP) is 2.90. The first-order valence-electron chi connectivity index (χ1n) is 7.18. The number of hydrogen-bond donors (Lipinski definition) is 1. The zero-order valence-corrected chi connectivity index (χ0v) is 12.5. The third kappa shape index (κ3) is 3.84. The lowest BCUT2D eigenvalue weighted by Gasteiger charge is -2.08. The molecule has 0 amide bonds. The SMILES string of the molecule is CCNCc1ccc(OCc2cc(C)nn2CC)cc1. The van der Waals surface area contributed by atoms with Crippen LogP contribution in [0.15, 0.2) is 30.3 Å². The van der Waals surface area contributed by atoms with E-state index >= 15 is 0 Å². The average Bonchev–Trinajstić information content (AvgIpc) is 2.84. The minimum Gasteiger partial charge on any atom is -0.487 e. The summed E-state index contributed by atoms with van der Waals surface area (Å²) in [5.41, 5.74) is 3.42. The van der Waals surface area contributed by atoms with Crippen molar-refractivity contribution in [1.29, 1.82) is 0 Å². The van der Waals surface area contributed by atoms with Gasteiger partial charge in [0.05, 0.1) is 11.4 Å². The molecule has 1 heterocycles. The minimum absolute atomic E-state index is 0.557. The Morgan fingerprint density at radius 2 is 1.95 bits per heavy atom. The van der Waals surface area contributed by atoms with Gasteiger partial charge >= 0.3 is 0 Å². The maximum atomic E-state index is 5.83. The topological polar surface area (TPSA) is 39.1 Å². The third-order valence-electron chi connectivity index (χ3n) is 3.17. The summed E-state index contributed by atoms with van der Waals surface area (Å²) in [5.74, 6) is 0.895. The van der Waals surface area contributed by atoms with Gasteiger partial charge in [0, 0.05) is 13.1 Å². The van der Waals surface area contributed by atoms with Gasteiger partial charge in [-0.1, -0.05) is 19.1 Å². The Bertz CT molecular complexity index is 531. The number of aryl methyl sites for hydroxylation is 2. The van der Waals surface area contributed by atoms with E-state index in [4.69, 9.17) is 4.74 Å². The minimum atomic E-state index is 0.557. The van der Waals surface area contributed by atoms with E-state index in [-0.39, 0.29) is 0 Å². The van der Waals surface area contributed by atoms with E-state index in [9.17, 15) is 0 Å². The summed E-state index contributed by atoms with van der Waals surface area (Å²) in [6.07, 6.45) is 0. The van der Waals surface area contributed by atoms with Crippen molar-refractivity contribution in [3.8, 4) is 5.75 Å². The first kappa shape index (κ1) is 14.6. The van der Waals surface area contributed by atoms with Crippen LogP contribution in [0.2, 0.25) is 0 Å². The lowest BCUT2D eigenvalue weighted by Crippen LogP contribution is -2.11. The first-order valence-corrected chi connectivity index (χ1v) is 7.18. The summed E-state index contributed by atoms with van der Waals surface area (Å²) < 4.78 is 7.81. The van der Waals surface area contributed by atoms with Gasteiger partial charge < -0.3 is 10.1 Å².